The van der Waals surface area contributed by atoms with Crippen molar-refractivity contribution in [3.05, 3.63) is 50.1 Å². The van der Waals surface area contributed by atoms with E-state index in [1.807, 2.05) is 11.4 Å². The van der Waals surface area contributed by atoms with Crippen LogP contribution in [-0.4, -0.2) is 16.7 Å². The van der Waals surface area contributed by atoms with Gasteiger partial charge in [0.25, 0.3) is 11.8 Å². The molecule has 0 fully saturated rings. The number of rotatable bonds is 2. The third-order valence-electron chi connectivity index (χ3n) is 2.97. The van der Waals surface area contributed by atoms with E-state index in [0.717, 1.165) is 9.35 Å². The SMILES string of the molecule is Nc1cccc2c1C(=O)N(Cc1cc(Br)cs1)C2=O. The number of nitrogen functional groups attached to an aromatic ring is 1. The lowest BCUT2D eigenvalue weighted by molar-refractivity contribution is 0.0644. The zero-order chi connectivity index (χ0) is 13.6. The van der Waals surface area contributed by atoms with E-state index in [-0.39, 0.29) is 18.4 Å². The van der Waals surface area contributed by atoms with Crippen LogP contribution in [0, 0.1) is 0 Å². The van der Waals surface area contributed by atoms with E-state index in [2.05, 4.69) is 15.9 Å². The first-order valence-electron chi connectivity index (χ1n) is 5.55. The molecule has 3 rings (SSSR count). The van der Waals surface area contributed by atoms with Crippen molar-refractivity contribution in [3.63, 3.8) is 0 Å². The van der Waals surface area contributed by atoms with Crippen molar-refractivity contribution in [2.45, 2.75) is 6.54 Å². The fourth-order valence-corrected chi connectivity index (χ4v) is 3.53. The van der Waals surface area contributed by atoms with Crippen LogP contribution in [-0.2, 0) is 6.54 Å². The average molecular weight is 337 g/mol. The third-order valence-corrected chi connectivity index (χ3v) is 4.65. The Morgan fingerprint density at radius 3 is 2.68 bits per heavy atom. The summed E-state index contributed by atoms with van der Waals surface area (Å²) in [6.07, 6.45) is 0. The monoisotopic (exact) mass is 336 g/mol. The highest BCUT2D eigenvalue weighted by atomic mass is 79.9. The van der Waals surface area contributed by atoms with Crippen LogP contribution in [0.2, 0.25) is 0 Å². The Kier molecular flexibility index (Phi) is 2.91. The molecule has 1 aliphatic rings. The first kappa shape index (κ1) is 12.4. The number of anilines is 1. The number of imide groups is 1. The molecule has 19 heavy (non-hydrogen) atoms. The summed E-state index contributed by atoms with van der Waals surface area (Å²) in [4.78, 5) is 26.6. The number of carbonyl (C=O) groups excluding carboxylic acids is 2. The zero-order valence-electron chi connectivity index (χ0n) is 9.72. The number of thiophene rings is 1. The summed E-state index contributed by atoms with van der Waals surface area (Å²) in [5.41, 5.74) is 6.84. The van der Waals surface area contributed by atoms with Crippen LogP contribution in [0.4, 0.5) is 5.69 Å². The van der Waals surface area contributed by atoms with E-state index in [4.69, 9.17) is 5.73 Å². The minimum atomic E-state index is -0.317. The molecule has 0 bridgehead atoms. The number of halogens is 1. The molecule has 1 aromatic carbocycles. The van der Waals surface area contributed by atoms with Crippen molar-refractivity contribution in [2.24, 2.45) is 0 Å². The van der Waals surface area contributed by atoms with Gasteiger partial charge in [-0.05, 0) is 34.1 Å². The molecule has 96 valence electrons. The highest BCUT2D eigenvalue weighted by molar-refractivity contribution is 9.10. The molecule has 1 aromatic heterocycles. The maximum Gasteiger partial charge on any atom is 0.263 e. The molecular weight excluding hydrogens is 328 g/mol. The van der Waals surface area contributed by atoms with Crippen LogP contribution in [0.1, 0.15) is 25.6 Å². The minimum Gasteiger partial charge on any atom is -0.398 e. The average Bonchev–Trinajstić information content (AvgIpc) is 2.88. The van der Waals surface area contributed by atoms with Gasteiger partial charge >= 0.3 is 0 Å². The predicted octanol–water partition coefficient (Wildman–Crippen LogP) is 2.89. The Labute approximate surface area is 122 Å². The van der Waals surface area contributed by atoms with Crippen LogP contribution < -0.4 is 5.73 Å². The molecular formula is C13H9BrN2O2S. The summed E-state index contributed by atoms with van der Waals surface area (Å²) in [5, 5.41) is 1.92. The maximum absolute atomic E-state index is 12.3. The molecule has 0 atom stereocenters. The Balaban J connectivity index is 1.97. The maximum atomic E-state index is 12.3. The molecule has 0 unspecified atom stereocenters. The Morgan fingerprint density at radius 2 is 2.05 bits per heavy atom. The molecule has 6 heteroatoms. The van der Waals surface area contributed by atoms with Gasteiger partial charge < -0.3 is 5.73 Å². The van der Waals surface area contributed by atoms with E-state index in [1.54, 1.807) is 18.2 Å². The number of amides is 2. The Hall–Kier alpha value is -1.66. The smallest absolute Gasteiger partial charge is 0.263 e. The predicted molar refractivity (Wildman–Crippen MR) is 77.1 cm³/mol. The van der Waals surface area contributed by atoms with Gasteiger partial charge in [0.2, 0.25) is 0 Å². The number of carbonyl (C=O) groups is 2. The van der Waals surface area contributed by atoms with Crippen LogP contribution in [0.15, 0.2) is 34.1 Å². The van der Waals surface area contributed by atoms with E-state index in [9.17, 15) is 9.59 Å². The molecule has 2 aromatic rings. The van der Waals surface area contributed by atoms with Gasteiger partial charge in [-0.2, -0.15) is 0 Å². The van der Waals surface area contributed by atoms with Crippen molar-refractivity contribution in [3.8, 4) is 0 Å². The van der Waals surface area contributed by atoms with Gasteiger partial charge in [-0.25, -0.2) is 0 Å². The van der Waals surface area contributed by atoms with E-state index in [1.165, 1.54) is 16.2 Å². The molecule has 0 saturated carbocycles. The van der Waals surface area contributed by atoms with Crippen molar-refractivity contribution in [2.75, 3.05) is 5.73 Å². The van der Waals surface area contributed by atoms with Gasteiger partial charge in [-0.3, -0.25) is 14.5 Å². The Morgan fingerprint density at radius 1 is 1.26 bits per heavy atom. The van der Waals surface area contributed by atoms with E-state index >= 15 is 0 Å². The summed E-state index contributed by atoms with van der Waals surface area (Å²) in [6, 6.07) is 6.85. The number of nitrogens with zero attached hydrogens (tertiary/aromatic N) is 1. The number of benzene rings is 1. The van der Waals surface area contributed by atoms with Gasteiger partial charge in [0.05, 0.1) is 17.7 Å². The largest absolute Gasteiger partial charge is 0.398 e. The van der Waals surface area contributed by atoms with Crippen molar-refractivity contribution < 1.29 is 9.59 Å². The summed E-state index contributed by atoms with van der Waals surface area (Å²) in [7, 11) is 0. The lowest BCUT2D eigenvalue weighted by atomic mass is 10.1. The molecule has 0 aliphatic carbocycles. The summed E-state index contributed by atoms with van der Waals surface area (Å²) < 4.78 is 0.948. The number of fused-ring (bicyclic) bond motifs is 1. The lowest BCUT2D eigenvalue weighted by Gasteiger charge is -2.12. The molecule has 1 aliphatic heterocycles. The highest BCUT2D eigenvalue weighted by Gasteiger charge is 2.37. The standard InChI is InChI=1S/C13H9BrN2O2S/c14-7-4-8(19-6-7)5-16-12(17)9-2-1-3-10(15)11(9)13(16)18/h1-4,6H,5,15H2. The normalized spacial score (nSPS) is 14.1. The zero-order valence-corrected chi connectivity index (χ0v) is 12.1. The second-order valence-electron chi connectivity index (χ2n) is 4.20. The van der Waals surface area contributed by atoms with Crippen LogP contribution in [0.3, 0.4) is 0 Å². The van der Waals surface area contributed by atoms with Crippen molar-refractivity contribution in [1.29, 1.82) is 0 Å². The molecule has 0 spiro atoms. The van der Waals surface area contributed by atoms with Crippen LogP contribution in [0.5, 0.6) is 0 Å². The third kappa shape index (κ3) is 1.97. The fourth-order valence-electron chi connectivity index (χ4n) is 2.10. The van der Waals surface area contributed by atoms with Gasteiger partial charge in [-0.15, -0.1) is 11.3 Å². The van der Waals surface area contributed by atoms with Crippen molar-refractivity contribution in [1.82, 2.24) is 4.90 Å². The second kappa shape index (κ2) is 4.47. The van der Waals surface area contributed by atoms with E-state index in [0.29, 0.717) is 16.8 Å². The van der Waals surface area contributed by atoms with Crippen LogP contribution in [0.25, 0.3) is 0 Å². The fraction of sp³-hybridized carbons (Fsp3) is 0.0769. The first-order valence-corrected chi connectivity index (χ1v) is 7.23. The summed E-state index contributed by atoms with van der Waals surface area (Å²) in [5.74, 6) is -0.598. The quantitative estimate of drug-likeness (QED) is 0.677. The molecule has 4 nitrogen and oxygen atoms in total. The van der Waals surface area contributed by atoms with Gasteiger partial charge in [0.15, 0.2) is 0 Å². The molecule has 0 saturated heterocycles. The van der Waals surface area contributed by atoms with Gasteiger partial charge in [0, 0.05) is 20.4 Å². The molecule has 2 N–H and O–H groups in total. The molecule has 2 heterocycles. The van der Waals surface area contributed by atoms with Crippen LogP contribution >= 0.6 is 27.3 Å². The number of hydrogen-bond donors (Lipinski definition) is 1. The highest BCUT2D eigenvalue weighted by Crippen LogP contribution is 2.30. The van der Waals surface area contributed by atoms with Crippen molar-refractivity contribution >= 4 is 44.8 Å². The molecule has 0 radical (unpaired) electrons. The minimum absolute atomic E-state index is 0.280. The summed E-state index contributed by atoms with van der Waals surface area (Å²) in [6.45, 7) is 0.280. The summed E-state index contributed by atoms with van der Waals surface area (Å²) >= 11 is 4.85. The number of nitrogens with two attached hydrogens (primary N) is 1. The number of hydrogen-bond acceptors (Lipinski definition) is 4. The van der Waals surface area contributed by atoms with E-state index < -0.39 is 0 Å². The lowest BCUT2D eigenvalue weighted by Crippen LogP contribution is -2.28. The second-order valence-corrected chi connectivity index (χ2v) is 6.11. The molecule has 2 amide bonds. The Bertz CT molecular complexity index is 696. The van der Waals surface area contributed by atoms with Gasteiger partial charge in [-0.1, -0.05) is 6.07 Å². The van der Waals surface area contributed by atoms with Gasteiger partial charge in [0.1, 0.15) is 0 Å². The first-order chi connectivity index (χ1) is 9.08. The topological polar surface area (TPSA) is 63.4 Å².